The summed E-state index contributed by atoms with van der Waals surface area (Å²) in [6, 6.07) is 9.06. The van der Waals surface area contributed by atoms with Crippen molar-refractivity contribution < 1.29 is 14.3 Å². The quantitative estimate of drug-likeness (QED) is 0.518. The van der Waals surface area contributed by atoms with E-state index in [9.17, 15) is 9.59 Å². The van der Waals surface area contributed by atoms with Crippen molar-refractivity contribution >= 4 is 39.3 Å². The van der Waals surface area contributed by atoms with Gasteiger partial charge in [0.2, 0.25) is 5.91 Å². The number of amides is 2. The van der Waals surface area contributed by atoms with E-state index < -0.39 is 5.91 Å². The summed E-state index contributed by atoms with van der Waals surface area (Å²) in [7, 11) is 0. The van der Waals surface area contributed by atoms with Gasteiger partial charge < -0.3 is 10.1 Å². The standard InChI is InChI=1S/C19H21BrN4O3/c1-12-6-7-21-17(8-12)22-18(25)10-14(3)23-24-19(26)11-27-15-4-5-16(20)13(2)9-15/h4-9H,10-11H2,1-3H3,(H,24,26)(H,21,22,25)/b23-14+. The van der Waals surface area contributed by atoms with Crippen LogP contribution in [0.1, 0.15) is 24.5 Å². The number of rotatable bonds is 7. The van der Waals surface area contributed by atoms with Crippen LogP contribution in [0.15, 0.2) is 46.1 Å². The minimum atomic E-state index is -0.407. The third-order valence-electron chi connectivity index (χ3n) is 3.47. The number of anilines is 1. The number of nitrogens with one attached hydrogen (secondary N) is 2. The van der Waals surface area contributed by atoms with Crippen molar-refractivity contribution in [1.29, 1.82) is 0 Å². The van der Waals surface area contributed by atoms with Gasteiger partial charge in [-0.05, 0) is 62.2 Å². The second-order valence-corrected chi connectivity index (χ2v) is 6.88. The highest BCUT2D eigenvalue weighted by Crippen LogP contribution is 2.21. The summed E-state index contributed by atoms with van der Waals surface area (Å²) in [5, 5.41) is 6.60. The molecule has 2 rings (SSSR count). The average molecular weight is 433 g/mol. The minimum Gasteiger partial charge on any atom is -0.484 e. The van der Waals surface area contributed by atoms with Crippen LogP contribution in [0, 0.1) is 13.8 Å². The van der Waals surface area contributed by atoms with E-state index in [4.69, 9.17) is 4.74 Å². The lowest BCUT2D eigenvalue weighted by Gasteiger charge is -2.07. The van der Waals surface area contributed by atoms with E-state index in [-0.39, 0.29) is 18.9 Å². The molecule has 0 atom stereocenters. The molecule has 0 aliphatic heterocycles. The molecule has 2 N–H and O–H groups in total. The van der Waals surface area contributed by atoms with Gasteiger partial charge in [0.25, 0.3) is 5.91 Å². The van der Waals surface area contributed by atoms with Crippen molar-refractivity contribution in [3.63, 3.8) is 0 Å². The van der Waals surface area contributed by atoms with Crippen LogP contribution in [0.25, 0.3) is 0 Å². The van der Waals surface area contributed by atoms with Crippen LogP contribution in [-0.4, -0.2) is 29.1 Å². The van der Waals surface area contributed by atoms with E-state index in [1.54, 1.807) is 25.3 Å². The fourth-order valence-electron chi connectivity index (χ4n) is 2.11. The highest BCUT2D eigenvalue weighted by molar-refractivity contribution is 9.10. The monoisotopic (exact) mass is 432 g/mol. The van der Waals surface area contributed by atoms with Crippen molar-refractivity contribution in [3.8, 4) is 5.75 Å². The maximum Gasteiger partial charge on any atom is 0.277 e. The Morgan fingerprint density at radius 3 is 2.67 bits per heavy atom. The van der Waals surface area contributed by atoms with Crippen molar-refractivity contribution in [2.75, 3.05) is 11.9 Å². The first-order chi connectivity index (χ1) is 12.8. The van der Waals surface area contributed by atoms with Gasteiger partial charge in [-0.3, -0.25) is 9.59 Å². The van der Waals surface area contributed by atoms with Gasteiger partial charge in [0.1, 0.15) is 11.6 Å². The summed E-state index contributed by atoms with van der Waals surface area (Å²) in [5.74, 6) is 0.410. The second kappa shape index (κ2) is 9.82. The van der Waals surface area contributed by atoms with E-state index in [2.05, 4.69) is 36.8 Å². The molecule has 1 aromatic carbocycles. The number of aromatic nitrogens is 1. The molecule has 2 aromatic rings. The van der Waals surface area contributed by atoms with Crippen molar-refractivity contribution in [2.45, 2.75) is 27.2 Å². The number of hydrazone groups is 1. The number of pyridine rings is 1. The number of hydrogen-bond acceptors (Lipinski definition) is 5. The van der Waals surface area contributed by atoms with Gasteiger partial charge in [-0.25, -0.2) is 10.4 Å². The first-order valence-electron chi connectivity index (χ1n) is 8.27. The molecule has 142 valence electrons. The Morgan fingerprint density at radius 1 is 1.19 bits per heavy atom. The van der Waals surface area contributed by atoms with Crippen LogP contribution in [0.3, 0.4) is 0 Å². The number of carbonyl (C=O) groups excluding carboxylic acids is 2. The van der Waals surface area contributed by atoms with Gasteiger partial charge in [-0.2, -0.15) is 5.10 Å². The lowest BCUT2D eigenvalue weighted by molar-refractivity contribution is -0.123. The molecule has 0 aliphatic rings. The Morgan fingerprint density at radius 2 is 1.96 bits per heavy atom. The number of carbonyl (C=O) groups is 2. The summed E-state index contributed by atoms with van der Waals surface area (Å²) >= 11 is 3.40. The van der Waals surface area contributed by atoms with E-state index in [1.807, 2.05) is 32.0 Å². The predicted octanol–water partition coefficient (Wildman–Crippen LogP) is 3.36. The highest BCUT2D eigenvalue weighted by atomic mass is 79.9. The van der Waals surface area contributed by atoms with Crippen LogP contribution in [0.5, 0.6) is 5.75 Å². The summed E-state index contributed by atoms with van der Waals surface area (Å²) in [6.07, 6.45) is 1.67. The molecule has 0 unspecified atom stereocenters. The van der Waals surface area contributed by atoms with Gasteiger partial charge in [0.15, 0.2) is 6.61 Å². The van der Waals surface area contributed by atoms with Crippen molar-refractivity contribution in [3.05, 3.63) is 52.1 Å². The third-order valence-corrected chi connectivity index (χ3v) is 4.36. The number of benzene rings is 1. The Bertz CT molecular complexity index is 868. The normalized spacial score (nSPS) is 11.0. The first-order valence-corrected chi connectivity index (χ1v) is 9.06. The first kappa shape index (κ1) is 20.6. The van der Waals surface area contributed by atoms with Crippen LogP contribution in [0.2, 0.25) is 0 Å². The Labute approximate surface area is 166 Å². The average Bonchev–Trinajstić information content (AvgIpc) is 2.61. The molecule has 1 heterocycles. The summed E-state index contributed by atoms with van der Waals surface area (Å²) in [6.45, 7) is 5.33. The van der Waals surface area contributed by atoms with Crippen LogP contribution in [0.4, 0.5) is 5.82 Å². The Kier molecular flexibility index (Phi) is 7.48. The number of halogens is 1. The molecule has 8 heteroatoms. The van der Waals surface area contributed by atoms with Gasteiger partial charge in [0.05, 0.1) is 6.42 Å². The Hall–Kier alpha value is -2.74. The van der Waals surface area contributed by atoms with Crippen molar-refractivity contribution in [1.82, 2.24) is 10.4 Å². The molecule has 7 nitrogen and oxygen atoms in total. The zero-order chi connectivity index (χ0) is 19.8. The molecule has 0 saturated carbocycles. The number of aryl methyl sites for hydroxylation is 2. The smallest absolute Gasteiger partial charge is 0.277 e. The van der Waals surface area contributed by atoms with Gasteiger partial charge in [-0.1, -0.05) is 15.9 Å². The number of hydrogen-bond donors (Lipinski definition) is 2. The zero-order valence-electron chi connectivity index (χ0n) is 15.4. The number of nitrogens with zero attached hydrogens (tertiary/aromatic N) is 2. The lowest BCUT2D eigenvalue weighted by Crippen LogP contribution is -2.26. The fourth-order valence-corrected chi connectivity index (χ4v) is 2.36. The third kappa shape index (κ3) is 7.18. The van der Waals surface area contributed by atoms with E-state index in [1.165, 1.54) is 0 Å². The topological polar surface area (TPSA) is 92.7 Å². The molecule has 0 bridgehead atoms. The molecule has 27 heavy (non-hydrogen) atoms. The van der Waals surface area contributed by atoms with E-state index in [0.717, 1.165) is 15.6 Å². The highest BCUT2D eigenvalue weighted by Gasteiger charge is 2.07. The molecule has 0 aliphatic carbocycles. The molecule has 0 spiro atoms. The predicted molar refractivity (Wildman–Crippen MR) is 108 cm³/mol. The van der Waals surface area contributed by atoms with Gasteiger partial charge in [0, 0.05) is 16.4 Å². The zero-order valence-corrected chi connectivity index (χ0v) is 17.0. The SMILES string of the molecule is C/C(CC(=O)Nc1cc(C)ccn1)=N\NC(=O)COc1ccc(Br)c(C)c1. The largest absolute Gasteiger partial charge is 0.484 e. The van der Waals surface area contributed by atoms with Gasteiger partial charge in [-0.15, -0.1) is 0 Å². The maximum absolute atomic E-state index is 12.0. The van der Waals surface area contributed by atoms with E-state index >= 15 is 0 Å². The van der Waals surface area contributed by atoms with Crippen LogP contribution in [-0.2, 0) is 9.59 Å². The molecule has 0 saturated heterocycles. The molecule has 0 fully saturated rings. The second-order valence-electron chi connectivity index (χ2n) is 6.03. The summed E-state index contributed by atoms with van der Waals surface area (Å²) in [4.78, 5) is 27.9. The minimum absolute atomic E-state index is 0.0443. The molecule has 2 amide bonds. The van der Waals surface area contributed by atoms with Crippen LogP contribution < -0.4 is 15.5 Å². The number of ether oxygens (including phenoxy) is 1. The van der Waals surface area contributed by atoms with E-state index in [0.29, 0.717) is 17.3 Å². The fraction of sp³-hybridized carbons (Fsp3) is 0.263. The molecular weight excluding hydrogens is 412 g/mol. The molecular formula is C19H21BrN4O3. The lowest BCUT2D eigenvalue weighted by atomic mass is 10.2. The Balaban J connectivity index is 1.77. The van der Waals surface area contributed by atoms with Crippen molar-refractivity contribution in [2.24, 2.45) is 5.10 Å². The molecule has 1 aromatic heterocycles. The maximum atomic E-state index is 12.0. The van der Waals surface area contributed by atoms with Crippen LogP contribution >= 0.6 is 15.9 Å². The summed E-state index contributed by atoms with van der Waals surface area (Å²) < 4.78 is 6.39. The molecule has 0 radical (unpaired) electrons. The van der Waals surface area contributed by atoms with Gasteiger partial charge >= 0.3 is 0 Å². The summed E-state index contributed by atoms with van der Waals surface area (Å²) in [5.41, 5.74) is 4.85.